The van der Waals surface area contributed by atoms with Gasteiger partial charge in [-0.3, -0.25) is 4.79 Å². The van der Waals surface area contributed by atoms with Crippen molar-refractivity contribution >= 4 is 23.0 Å². The van der Waals surface area contributed by atoms with Gasteiger partial charge in [0.25, 0.3) is 0 Å². The molecule has 2 atom stereocenters. The number of nitrogens with zero attached hydrogens (tertiary/aromatic N) is 1. The van der Waals surface area contributed by atoms with Gasteiger partial charge in [0, 0.05) is 0 Å². The Morgan fingerprint density at radius 1 is 1.13 bits per heavy atom. The Hall–Kier alpha value is -0.870. The van der Waals surface area contributed by atoms with Gasteiger partial charge in [-0.15, -0.1) is 17.0 Å². The van der Waals surface area contributed by atoms with Crippen LogP contribution >= 0.6 is 17.0 Å². The first-order valence-electron chi connectivity index (χ1n) is 8.52. The van der Waals surface area contributed by atoms with E-state index >= 15 is 0 Å². The highest BCUT2D eigenvalue weighted by Crippen LogP contribution is 2.28. The highest BCUT2D eigenvalue weighted by atomic mass is 79.9. The summed E-state index contributed by atoms with van der Waals surface area (Å²) in [6.07, 6.45) is 0.965. The molecule has 1 aromatic rings. The summed E-state index contributed by atoms with van der Waals surface area (Å²) in [5, 5.41) is 0. The summed E-state index contributed by atoms with van der Waals surface area (Å²) in [5.41, 5.74) is 1.06. The summed E-state index contributed by atoms with van der Waals surface area (Å²) < 4.78 is 6.56. The number of rotatable bonds is 9. The van der Waals surface area contributed by atoms with Crippen LogP contribution in [0.3, 0.4) is 0 Å². The van der Waals surface area contributed by atoms with Crippen molar-refractivity contribution in [1.82, 2.24) is 0 Å². The normalized spacial score (nSPS) is 13.8. The number of likely N-dealkylation sites (N-methyl/N-ethyl adjacent to an activating group) is 1. The standard InChI is InChI=1S/C19H32NO2.BrH/c1-6-16(4)18(17-12-10-9-11-13-17)19(21)22-15-14-20(5,7-2)8-3;/h9-13,16,18H,6-8,14-15H2,1-5H3;1H/q+1;. The van der Waals surface area contributed by atoms with Crippen molar-refractivity contribution in [3.63, 3.8) is 0 Å². The average molecular weight is 387 g/mol. The van der Waals surface area contributed by atoms with Gasteiger partial charge in [-0.1, -0.05) is 50.6 Å². The van der Waals surface area contributed by atoms with Crippen LogP contribution in [0.4, 0.5) is 0 Å². The number of benzene rings is 1. The Morgan fingerprint density at radius 2 is 1.70 bits per heavy atom. The summed E-state index contributed by atoms with van der Waals surface area (Å²) >= 11 is 0. The topological polar surface area (TPSA) is 26.3 Å². The molecule has 0 aliphatic carbocycles. The molecular formula is C19H33BrNO2+. The smallest absolute Gasteiger partial charge is 0.313 e. The first-order chi connectivity index (χ1) is 10.5. The van der Waals surface area contributed by atoms with Crippen LogP contribution in [0.5, 0.6) is 0 Å². The molecule has 0 bridgehead atoms. The molecule has 0 aliphatic rings. The highest BCUT2D eigenvalue weighted by molar-refractivity contribution is 8.93. The first kappa shape index (κ1) is 22.1. The van der Waals surface area contributed by atoms with E-state index in [1.165, 1.54) is 0 Å². The summed E-state index contributed by atoms with van der Waals surface area (Å²) in [7, 11) is 2.21. The van der Waals surface area contributed by atoms with Crippen LogP contribution in [-0.4, -0.2) is 43.7 Å². The zero-order valence-corrected chi connectivity index (χ0v) is 17.0. The lowest BCUT2D eigenvalue weighted by molar-refractivity contribution is -0.906. The first-order valence-corrected chi connectivity index (χ1v) is 8.52. The maximum atomic E-state index is 12.6. The molecule has 2 unspecified atom stereocenters. The van der Waals surface area contributed by atoms with Crippen molar-refractivity contribution in [1.29, 1.82) is 0 Å². The third kappa shape index (κ3) is 6.64. The van der Waals surface area contributed by atoms with Gasteiger partial charge in [-0.2, -0.15) is 0 Å². The molecule has 4 heteroatoms. The van der Waals surface area contributed by atoms with E-state index in [4.69, 9.17) is 4.74 Å². The number of quaternary nitrogens is 1. The molecule has 0 N–H and O–H groups in total. The van der Waals surface area contributed by atoms with Gasteiger partial charge < -0.3 is 9.22 Å². The molecule has 0 aromatic heterocycles. The van der Waals surface area contributed by atoms with Gasteiger partial charge in [0.15, 0.2) is 0 Å². The summed E-state index contributed by atoms with van der Waals surface area (Å²) in [6, 6.07) is 10.0. The number of hydrogen-bond acceptors (Lipinski definition) is 2. The third-order valence-electron chi connectivity index (χ3n) is 5.03. The van der Waals surface area contributed by atoms with Gasteiger partial charge >= 0.3 is 5.97 Å². The second-order valence-corrected chi connectivity index (χ2v) is 6.42. The number of carbonyl (C=O) groups is 1. The van der Waals surface area contributed by atoms with Crippen molar-refractivity contribution in [2.45, 2.75) is 40.0 Å². The Bertz CT molecular complexity index is 446. The molecule has 23 heavy (non-hydrogen) atoms. The van der Waals surface area contributed by atoms with Crippen molar-refractivity contribution in [2.75, 3.05) is 33.3 Å². The molecule has 3 nitrogen and oxygen atoms in total. The van der Waals surface area contributed by atoms with Crippen LogP contribution in [-0.2, 0) is 9.53 Å². The van der Waals surface area contributed by atoms with Crippen LogP contribution in [0, 0.1) is 5.92 Å². The molecule has 132 valence electrons. The minimum absolute atomic E-state index is 0. The third-order valence-corrected chi connectivity index (χ3v) is 5.03. The molecule has 0 spiro atoms. The van der Waals surface area contributed by atoms with E-state index in [-0.39, 0.29) is 34.8 Å². The van der Waals surface area contributed by atoms with Crippen molar-refractivity contribution < 1.29 is 14.0 Å². The molecule has 0 saturated heterocycles. The zero-order valence-electron chi connectivity index (χ0n) is 15.2. The Labute approximate surface area is 152 Å². The molecule has 0 saturated carbocycles. The predicted octanol–water partition coefficient (Wildman–Crippen LogP) is 4.42. The minimum Gasteiger partial charge on any atom is -0.459 e. The van der Waals surface area contributed by atoms with Crippen LogP contribution in [0.1, 0.15) is 45.6 Å². The monoisotopic (exact) mass is 386 g/mol. The largest absolute Gasteiger partial charge is 0.459 e. The lowest BCUT2D eigenvalue weighted by Gasteiger charge is -2.32. The van der Waals surface area contributed by atoms with E-state index in [9.17, 15) is 4.79 Å². The van der Waals surface area contributed by atoms with Gasteiger partial charge in [0.05, 0.1) is 26.1 Å². The maximum absolute atomic E-state index is 12.6. The van der Waals surface area contributed by atoms with Crippen molar-refractivity contribution in [2.24, 2.45) is 5.92 Å². The molecule has 1 rings (SSSR count). The van der Waals surface area contributed by atoms with Crippen molar-refractivity contribution in [3.05, 3.63) is 35.9 Å². The number of ether oxygens (including phenoxy) is 1. The van der Waals surface area contributed by atoms with Crippen LogP contribution in [0.15, 0.2) is 30.3 Å². The van der Waals surface area contributed by atoms with Gasteiger partial charge in [-0.25, -0.2) is 0 Å². The van der Waals surface area contributed by atoms with Crippen molar-refractivity contribution in [3.8, 4) is 0 Å². The highest BCUT2D eigenvalue weighted by Gasteiger charge is 2.28. The summed E-state index contributed by atoms with van der Waals surface area (Å²) in [6.45, 7) is 12.1. The Kier molecular flexibility index (Phi) is 10.4. The van der Waals surface area contributed by atoms with Gasteiger partial charge in [-0.05, 0) is 25.3 Å². The van der Waals surface area contributed by atoms with E-state index in [0.717, 1.165) is 36.1 Å². The Morgan fingerprint density at radius 3 is 2.17 bits per heavy atom. The van der Waals surface area contributed by atoms with Crippen LogP contribution < -0.4 is 0 Å². The molecule has 0 amide bonds. The minimum atomic E-state index is -0.159. The molecule has 0 fully saturated rings. The zero-order chi connectivity index (χ0) is 16.6. The summed E-state index contributed by atoms with van der Waals surface area (Å²) in [5.74, 6) is 0.0423. The molecule has 1 aromatic carbocycles. The fourth-order valence-corrected chi connectivity index (χ4v) is 2.59. The number of esters is 1. The second kappa shape index (κ2) is 10.8. The maximum Gasteiger partial charge on any atom is 0.313 e. The lowest BCUT2D eigenvalue weighted by atomic mass is 9.86. The SMILES string of the molecule is Br.CCC(C)C(C(=O)OCC[N+](C)(CC)CC)c1ccccc1. The quantitative estimate of drug-likeness (QED) is 0.463. The Balaban J connectivity index is 0.00000484. The van der Waals surface area contributed by atoms with E-state index in [1.54, 1.807) is 0 Å². The molecule has 0 aliphatic heterocycles. The number of carbonyl (C=O) groups excluding carboxylic acids is 1. The number of halogens is 1. The van der Waals surface area contributed by atoms with Crippen LogP contribution in [0.2, 0.25) is 0 Å². The van der Waals surface area contributed by atoms with E-state index in [2.05, 4.69) is 34.7 Å². The predicted molar refractivity (Wildman–Crippen MR) is 102 cm³/mol. The van der Waals surface area contributed by atoms with E-state index < -0.39 is 0 Å². The van der Waals surface area contributed by atoms with Gasteiger partial charge in [0.2, 0.25) is 0 Å². The molecule has 0 radical (unpaired) electrons. The van der Waals surface area contributed by atoms with Crippen LogP contribution in [0.25, 0.3) is 0 Å². The fraction of sp³-hybridized carbons (Fsp3) is 0.632. The summed E-state index contributed by atoms with van der Waals surface area (Å²) in [4.78, 5) is 12.6. The second-order valence-electron chi connectivity index (χ2n) is 6.42. The fourth-order valence-electron chi connectivity index (χ4n) is 2.59. The number of hydrogen-bond donors (Lipinski definition) is 0. The molecular weight excluding hydrogens is 354 g/mol. The lowest BCUT2D eigenvalue weighted by Crippen LogP contribution is -2.46. The molecule has 0 heterocycles. The average Bonchev–Trinajstić information content (AvgIpc) is 2.55. The van der Waals surface area contributed by atoms with E-state index in [0.29, 0.717) is 6.61 Å². The van der Waals surface area contributed by atoms with E-state index in [1.807, 2.05) is 30.3 Å². The van der Waals surface area contributed by atoms with Gasteiger partial charge in [0.1, 0.15) is 13.2 Å².